The van der Waals surface area contributed by atoms with Crippen LogP contribution in [0.4, 0.5) is 0 Å². The van der Waals surface area contributed by atoms with Gasteiger partial charge in [-0.3, -0.25) is 9.48 Å². The molecule has 3 rings (SSSR count). The van der Waals surface area contributed by atoms with Gasteiger partial charge in [0.05, 0.1) is 27.9 Å². The molecule has 1 saturated heterocycles. The maximum Gasteiger partial charge on any atom is 0.265 e. The molecule has 3 heterocycles. The van der Waals surface area contributed by atoms with Crippen molar-refractivity contribution in [3.63, 3.8) is 0 Å². The molecular formula is C11H11BrN4OS. The Morgan fingerprint density at radius 2 is 2.33 bits per heavy atom. The molecule has 0 atom stereocenters. The van der Waals surface area contributed by atoms with Crippen molar-refractivity contribution in [2.75, 3.05) is 13.1 Å². The molecule has 7 heteroatoms. The molecule has 1 amide bonds. The minimum Gasteiger partial charge on any atom is -0.333 e. The number of aromatic nitrogens is 3. The van der Waals surface area contributed by atoms with Crippen LogP contribution in [-0.2, 0) is 0 Å². The summed E-state index contributed by atoms with van der Waals surface area (Å²) in [6.45, 7) is 3.29. The Morgan fingerprint density at radius 3 is 2.89 bits per heavy atom. The van der Waals surface area contributed by atoms with E-state index in [0.717, 1.165) is 15.0 Å². The number of hydrogen-bond donors (Lipinski definition) is 0. The second-order valence-corrected chi connectivity index (χ2v) is 6.04. The number of rotatable bonds is 2. The van der Waals surface area contributed by atoms with Crippen molar-refractivity contribution in [1.82, 2.24) is 19.7 Å². The zero-order valence-electron chi connectivity index (χ0n) is 9.71. The molecule has 0 spiro atoms. The molecule has 0 unspecified atom stereocenters. The molecule has 1 aliphatic rings. The van der Waals surface area contributed by atoms with Gasteiger partial charge in [-0.15, -0.1) is 11.3 Å². The highest BCUT2D eigenvalue weighted by Gasteiger charge is 2.34. The lowest BCUT2D eigenvalue weighted by molar-refractivity contribution is 0.0505. The number of hydrogen-bond acceptors (Lipinski definition) is 4. The van der Waals surface area contributed by atoms with Crippen LogP contribution >= 0.6 is 27.3 Å². The van der Waals surface area contributed by atoms with Gasteiger partial charge in [-0.05, 0) is 22.9 Å². The average Bonchev–Trinajstić information content (AvgIpc) is 2.85. The molecule has 2 aromatic rings. The summed E-state index contributed by atoms with van der Waals surface area (Å²) in [6, 6.07) is 0.286. The Morgan fingerprint density at radius 1 is 1.56 bits per heavy atom. The summed E-state index contributed by atoms with van der Waals surface area (Å²) in [6.07, 6.45) is 3.70. The SMILES string of the molecule is Cc1ncsc1C(=O)N1CC(n2cc(Br)cn2)C1. The fourth-order valence-electron chi connectivity index (χ4n) is 1.95. The van der Waals surface area contributed by atoms with Crippen LogP contribution < -0.4 is 0 Å². The van der Waals surface area contributed by atoms with Gasteiger partial charge in [-0.25, -0.2) is 4.98 Å². The fraction of sp³-hybridized carbons (Fsp3) is 0.364. The molecule has 0 aliphatic carbocycles. The maximum absolute atomic E-state index is 12.1. The molecular weight excluding hydrogens is 316 g/mol. The fourth-order valence-corrected chi connectivity index (χ4v) is 3.02. The van der Waals surface area contributed by atoms with Crippen LogP contribution in [0.5, 0.6) is 0 Å². The van der Waals surface area contributed by atoms with E-state index in [-0.39, 0.29) is 11.9 Å². The van der Waals surface area contributed by atoms with Crippen molar-refractivity contribution in [3.8, 4) is 0 Å². The van der Waals surface area contributed by atoms with Gasteiger partial charge in [0.25, 0.3) is 5.91 Å². The Labute approximate surface area is 117 Å². The van der Waals surface area contributed by atoms with Gasteiger partial charge in [0.15, 0.2) is 0 Å². The number of halogens is 1. The largest absolute Gasteiger partial charge is 0.333 e. The highest BCUT2D eigenvalue weighted by molar-refractivity contribution is 9.10. The van der Waals surface area contributed by atoms with Crippen molar-refractivity contribution in [3.05, 3.63) is 32.9 Å². The third-order valence-electron chi connectivity index (χ3n) is 3.03. The number of likely N-dealkylation sites (tertiary alicyclic amines) is 1. The predicted octanol–water partition coefficient (Wildman–Crippen LogP) is 2.11. The number of nitrogens with zero attached hydrogens (tertiary/aromatic N) is 4. The van der Waals surface area contributed by atoms with E-state index < -0.39 is 0 Å². The number of aryl methyl sites for hydroxylation is 1. The van der Waals surface area contributed by atoms with Crippen LogP contribution in [0, 0.1) is 6.92 Å². The lowest BCUT2D eigenvalue weighted by atomic mass is 10.1. The number of carbonyl (C=O) groups is 1. The molecule has 18 heavy (non-hydrogen) atoms. The van der Waals surface area contributed by atoms with E-state index in [9.17, 15) is 4.79 Å². The molecule has 0 N–H and O–H groups in total. The van der Waals surface area contributed by atoms with E-state index in [4.69, 9.17) is 0 Å². The van der Waals surface area contributed by atoms with E-state index in [1.165, 1.54) is 11.3 Å². The standard InChI is InChI=1S/C11H11BrN4OS/c1-7-10(18-6-13-7)11(17)15-4-9(5-15)16-3-8(12)2-14-16/h2-3,6,9H,4-5H2,1H3. The molecule has 0 bridgehead atoms. The number of amides is 1. The molecule has 94 valence electrons. The van der Waals surface area contributed by atoms with Crippen molar-refractivity contribution in [1.29, 1.82) is 0 Å². The number of carbonyl (C=O) groups excluding carboxylic acids is 1. The molecule has 1 fully saturated rings. The van der Waals surface area contributed by atoms with Gasteiger partial charge in [0, 0.05) is 19.3 Å². The monoisotopic (exact) mass is 326 g/mol. The first-order chi connectivity index (χ1) is 8.65. The Hall–Kier alpha value is -1.21. The van der Waals surface area contributed by atoms with Crippen LogP contribution in [0.15, 0.2) is 22.4 Å². The Bertz CT molecular complexity index is 587. The Balaban J connectivity index is 1.66. The molecule has 0 aromatic carbocycles. The van der Waals surface area contributed by atoms with Gasteiger partial charge >= 0.3 is 0 Å². The van der Waals surface area contributed by atoms with Crippen molar-refractivity contribution < 1.29 is 4.79 Å². The summed E-state index contributed by atoms with van der Waals surface area (Å²) in [5.74, 6) is 0.0810. The maximum atomic E-state index is 12.1. The average molecular weight is 327 g/mol. The van der Waals surface area contributed by atoms with Gasteiger partial charge in [0.2, 0.25) is 0 Å². The van der Waals surface area contributed by atoms with E-state index in [0.29, 0.717) is 13.1 Å². The zero-order chi connectivity index (χ0) is 12.7. The molecule has 1 aliphatic heterocycles. The van der Waals surface area contributed by atoms with Crippen molar-refractivity contribution >= 4 is 33.2 Å². The van der Waals surface area contributed by atoms with Gasteiger partial charge in [-0.1, -0.05) is 0 Å². The summed E-state index contributed by atoms with van der Waals surface area (Å²) in [4.78, 5) is 18.8. The first-order valence-electron chi connectivity index (χ1n) is 5.54. The van der Waals surface area contributed by atoms with Gasteiger partial charge < -0.3 is 4.90 Å². The smallest absolute Gasteiger partial charge is 0.265 e. The lowest BCUT2D eigenvalue weighted by Gasteiger charge is -2.38. The van der Waals surface area contributed by atoms with Crippen molar-refractivity contribution in [2.24, 2.45) is 0 Å². The van der Waals surface area contributed by atoms with E-state index in [1.807, 2.05) is 22.7 Å². The van der Waals surface area contributed by atoms with Gasteiger partial charge in [0.1, 0.15) is 4.88 Å². The van der Waals surface area contributed by atoms with Crippen molar-refractivity contribution in [2.45, 2.75) is 13.0 Å². The lowest BCUT2D eigenvalue weighted by Crippen LogP contribution is -2.50. The molecule has 0 radical (unpaired) electrons. The topological polar surface area (TPSA) is 51.0 Å². The predicted molar refractivity (Wildman–Crippen MR) is 71.7 cm³/mol. The summed E-state index contributed by atoms with van der Waals surface area (Å²) in [7, 11) is 0. The first-order valence-corrected chi connectivity index (χ1v) is 7.21. The van der Waals surface area contributed by atoms with Crippen LogP contribution in [0.2, 0.25) is 0 Å². The van der Waals surface area contributed by atoms with E-state index in [1.54, 1.807) is 11.7 Å². The summed E-state index contributed by atoms with van der Waals surface area (Å²) >= 11 is 4.77. The minimum atomic E-state index is 0.0810. The summed E-state index contributed by atoms with van der Waals surface area (Å²) < 4.78 is 2.86. The van der Waals surface area contributed by atoms with E-state index in [2.05, 4.69) is 26.0 Å². The molecule has 5 nitrogen and oxygen atoms in total. The Kier molecular flexibility index (Phi) is 2.95. The third kappa shape index (κ3) is 1.97. The van der Waals surface area contributed by atoms with Crippen LogP contribution in [0.25, 0.3) is 0 Å². The highest BCUT2D eigenvalue weighted by atomic mass is 79.9. The van der Waals surface area contributed by atoms with Gasteiger partial charge in [-0.2, -0.15) is 5.10 Å². The quantitative estimate of drug-likeness (QED) is 0.849. The van der Waals surface area contributed by atoms with Crippen LogP contribution in [-0.4, -0.2) is 38.7 Å². The highest BCUT2D eigenvalue weighted by Crippen LogP contribution is 2.25. The molecule has 2 aromatic heterocycles. The summed E-state index contributed by atoms with van der Waals surface area (Å²) in [5.41, 5.74) is 2.53. The second kappa shape index (κ2) is 4.47. The third-order valence-corrected chi connectivity index (χ3v) is 4.36. The molecule has 0 saturated carbocycles. The number of thiazole rings is 1. The first kappa shape index (κ1) is 11.9. The van der Waals surface area contributed by atoms with E-state index >= 15 is 0 Å². The van der Waals surface area contributed by atoms with Crippen LogP contribution in [0.3, 0.4) is 0 Å². The zero-order valence-corrected chi connectivity index (χ0v) is 12.1. The summed E-state index contributed by atoms with van der Waals surface area (Å²) in [5, 5.41) is 4.23. The minimum absolute atomic E-state index is 0.0810. The van der Waals surface area contributed by atoms with Crippen LogP contribution in [0.1, 0.15) is 21.4 Å². The normalized spacial score (nSPS) is 15.8. The second-order valence-electron chi connectivity index (χ2n) is 4.27.